The van der Waals surface area contributed by atoms with E-state index in [-0.39, 0.29) is 12.1 Å². The molecule has 0 saturated heterocycles. The van der Waals surface area contributed by atoms with Crippen molar-refractivity contribution in [2.45, 2.75) is 58.7 Å². The van der Waals surface area contributed by atoms with Crippen molar-refractivity contribution in [2.24, 2.45) is 0 Å². The largest absolute Gasteiger partial charge is 0.493 e. The first-order chi connectivity index (χ1) is 17.7. The van der Waals surface area contributed by atoms with Gasteiger partial charge in [0.05, 0.1) is 24.9 Å². The molecule has 0 bridgehead atoms. The first-order valence-corrected chi connectivity index (χ1v) is 12.4. The number of hydrogen-bond donors (Lipinski definition) is 0. The molecule has 0 spiro atoms. The summed E-state index contributed by atoms with van der Waals surface area (Å²) in [5, 5.41) is 0. The molecule has 1 unspecified atom stereocenters. The third-order valence-electron chi connectivity index (χ3n) is 5.88. The highest BCUT2D eigenvalue weighted by molar-refractivity contribution is 5.71. The predicted octanol–water partition coefficient (Wildman–Crippen LogP) is 7.06. The van der Waals surface area contributed by atoms with Crippen LogP contribution in [0.1, 0.15) is 50.3 Å². The molecular formula is C29H32F3NO4. The lowest BCUT2D eigenvalue weighted by atomic mass is 10.0. The van der Waals surface area contributed by atoms with E-state index in [2.05, 4.69) is 4.98 Å². The Labute approximate surface area is 215 Å². The van der Waals surface area contributed by atoms with Crippen LogP contribution in [0.3, 0.4) is 0 Å². The molecule has 3 aromatic rings. The van der Waals surface area contributed by atoms with E-state index in [1.807, 2.05) is 32.0 Å². The van der Waals surface area contributed by atoms with Crippen LogP contribution in [0.4, 0.5) is 13.2 Å². The maximum Gasteiger partial charge on any atom is 0.416 e. The van der Waals surface area contributed by atoms with Crippen molar-refractivity contribution in [3.8, 4) is 22.6 Å². The number of pyridine rings is 1. The van der Waals surface area contributed by atoms with E-state index in [1.54, 1.807) is 19.1 Å². The molecule has 0 aliphatic carbocycles. The number of benzene rings is 2. The van der Waals surface area contributed by atoms with Crippen LogP contribution in [0, 0.1) is 0 Å². The highest BCUT2D eigenvalue weighted by Gasteiger charge is 2.31. The Hall–Kier alpha value is -3.55. The molecule has 5 nitrogen and oxygen atoms in total. The van der Waals surface area contributed by atoms with Gasteiger partial charge in [-0.3, -0.25) is 9.78 Å². The SMILES string of the molecule is CCOC(=O)CCc1ccc(OCCC(C)Oc2ccc(C(F)(F)F)cc2-c2ccncc2)cc1CC. The minimum absolute atomic E-state index is 0.209. The van der Waals surface area contributed by atoms with Crippen LogP contribution in [-0.4, -0.2) is 30.3 Å². The van der Waals surface area contributed by atoms with Crippen LogP contribution in [0.25, 0.3) is 11.1 Å². The van der Waals surface area contributed by atoms with E-state index < -0.39 is 11.7 Å². The zero-order chi connectivity index (χ0) is 26.8. The molecule has 8 heteroatoms. The molecule has 1 atom stereocenters. The van der Waals surface area contributed by atoms with Gasteiger partial charge in [0.15, 0.2) is 0 Å². The molecule has 0 aliphatic heterocycles. The number of aromatic nitrogens is 1. The zero-order valence-electron chi connectivity index (χ0n) is 21.3. The summed E-state index contributed by atoms with van der Waals surface area (Å²) in [6.07, 6.45) is 0.593. The highest BCUT2D eigenvalue weighted by atomic mass is 19.4. The van der Waals surface area contributed by atoms with Gasteiger partial charge >= 0.3 is 12.1 Å². The van der Waals surface area contributed by atoms with Crippen LogP contribution in [0.5, 0.6) is 11.5 Å². The van der Waals surface area contributed by atoms with E-state index in [0.717, 1.165) is 35.4 Å². The van der Waals surface area contributed by atoms with Gasteiger partial charge in [-0.25, -0.2) is 0 Å². The lowest BCUT2D eigenvalue weighted by Crippen LogP contribution is -2.16. The van der Waals surface area contributed by atoms with Gasteiger partial charge in [0.2, 0.25) is 0 Å². The van der Waals surface area contributed by atoms with Crippen molar-refractivity contribution < 1.29 is 32.2 Å². The Morgan fingerprint density at radius 2 is 1.76 bits per heavy atom. The summed E-state index contributed by atoms with van der Waals surface area (Å²) in [7, 11) is 0. The summed E-state index contributed by atoms with van der Waals surface area (Å²) >= 11 is 0. The number of alkyl halides is 3. The number of hydrogen-bond acceptors (Lipinski definition) is 5. The van der Waals surface area contributed by atoms with Crippen molar-refractivity contribution >= 4 is 5.97 Å². The van der Waals surface area contributed by atoms with E-state index in [9.17, 15) is 18.0 Å². The summed E-state index contributed by atoms with van der Waals surface area (Å²) in [6.45, 7) is 6.44. The van der Waals surface area contributed by atoms with Crippen LogP contribution >= 0.6 is 0 Å². The number of esters is 1. The molecule has 0 N–H and O–H groups in total. The number of rotatable bonds is 12. The molecule has 0 fully saturated rings. The number of nitrogens with zero attached hydrogens (tertiary/aromatic N) is 1. The zero-order valence-corrected chi connectivity index (χ0v) is 21.3. The lowest BCUT2D eigenvalue weighted by molar-refractivity contribution is -0.143. The third kappa shape index (κ3) is 8.23. The van der Waals surface area contributed by atoms with Gasteiger partial charge in [-0.2, -0.15) is 13.2 Å². The molecule has 0 amide bonds. The number of ether oxygens (including phenoxy) is 3. The van der Waals surface area contributed by atoms with Crippen LogP contribution < -0.4 is 9.47 Å². The normalized spacial score (nSPS) is 12.2. The standard InChI is InChI=1S/C29H32F3NO4/c1-4-21-18-25(9-6-22(21)7-11-28(34)35-5-2)36-17-14-20(3)37-27-10-8-24(29(30,31)32)19-26(27)23-12-15-33-16-13-23/h6,8-10,12-13,15-16,18-20H,4-5,7,11,14,17H2,1-3H3. The number of halogens is 3. The molecule has 0 aliphatic rings. The fourth-order valence-electron chi connectivity index (χ4n) is 3.92. The Balaban J connectivity index is 1.61. The Morgan fingerprint density at radius 1 is 1.00 bits per heavy atom. The summed E-state index contributed by atoms with van der Waals surface area (Å²) in [5.41, 5.74) is 2.41. The van der Waals surface area contributed by atoms with Crippen molar-refractivity contribution in [2.75, 3.05) is 13.2 Å². The molecule has 2 aromatic carbocycles. The Kier molecular flexibility index (Phi) is 9.94. The van der Waals surface area contributed by atoms with Crippen molar-refractivity contribution in [3.05, 3.63) is 77.6 Å². The van der Waals surface area contributed by atoms with Crippen molar-refractivity contribution in [1.82, 2.24) is 4.98 Å². The van der Waals surface area contributed by atoms with Crippen LogP contribution in [0.15, 0.2) is 60.9 Å². The number of carbonyl (C=O) groups excluding carboxylic acids is 1. The second kappa shape index (κ2) is 13.1. The van der Waals surface area contributed by atoms with Crippen LogP contribution in [-0.2, 0) is 28.5 Å². The molecule has 198 valence electrons. The van der Waals surface area contributed by atoms with E-state index in [1.165, 1.54) is 18.5 Å². The first kappa shape index (κ1) is 28.0. The summed E-state index contributed by atoms with van der Waals surface area (Å²) < 4.78 is 56.9. The maximum atomic E-state index is 13.3. The maximum absolute atomic E-state index is 13.3. The topological polar surface area (TPSA) is 57.7 Å². The summed E-state index contributed by atoms with van der Waals surface area (Å²) in [5.74, 6) is 0.876. The highest BCUT2D eigenvalue weighted by Crippen LogP contribution is 2.37. The molecule has 1 aromatic heterocycles. The van der Waals surface area contributed by atoms with Crippen molar-refractivity contribution in [1.29, 1.82) is 0 Å². The van der Waals surface area contributed by atoms with Crippen LogP contribution in [0.2, 0.25) is 0 Å². The third-order valence-corrected chi connectivity index (χ3v) is 5.88. The van der Waals surface area contributed by atoms with Gasteiger partial charge in [-0.05, 0) is 85.8 Å². The Bertz CT molecular complexity index is 1170. The minimum atomic E-state index is -4.45. The molecule has 1 heterocycles. The quantitative estimate of drug-likeness (QED) is 0.242. The number of aryl methyl sites for hydroxylation is 2. The molecule has 37 heavy (non-hydrogen) atoms. The molecular weight excluding hydrogens is 483 g/mol. The van der Waals surface area contributed by atoms with E-state index >= 15 is 0 Å². The van der Waals surface area contributed by atoms with Crippen molar-refractivity contribution in [3.63, 3.8) is 0 Å². The van der Waals surface area contributed by atoms with E-state index in [4.69, 9.17) is 14.2 Å². The minimum Gasteiger partial charge on any atom is -0.493 e. The van der Waals surface area contributed by atoms with Gasteiger partial charge < -0.3 is 14.2 Å². The van der Waals surface area contributed by atoms with Gasteiger partial charge in [-0.1, -0.05) is 13.0 Å². The lowest BCUT2D eigenvalue weighted by Gasteiger charge is -2.19. The molecule has 0 radical (unpaired) electrons. The second-order valence-electron chi connectivity index (χ2n) is 8.60. The van der Waals surface area contributed by atoms with Gasteiger partial charge in [0, 0.05) is 30.8 Å². The first-order valence-electron chi connectivity index (χ1n) is 12.4. The molecule has 0 saturated carbocycles. The van der Waals surface area contributed by atoms with Gasteiger partial charge in [-0.15, -0.1) is 0 Å². The smallest absolute Gasteiger partial charge is 0.416 e. The fourth-order valence-corrected chi connectivity index (χ4v) is 3.92. The summed E-state index contributed by atoms with van der Waals surface area (Å²) in [6, 6.07) is 12.6. The monoisotopic (exact) mass is 515 g/mol. The van der Waals surface area contributed by atoms with Gasteiger partial charge in [0.1, 0.15) is 11.5 Å². The molecule has 3 rings (SSSR count). The fraction of sp³-hybridized carbons (Fsp3) is 0.379. The summed E-state index contributed by atoms with van der Waals surface area (Å²) in [4.78, 5) is 15.6. The van der Waals surface area contributed by atoms with Gasteiger partial charge in [0.25, 0.3) is 0 Å². The predicted molar refractivity (Wildman–Crippen MR) is 136 cm³/mol. The second-order valence-corrected chi connectivity index (χ2v) is 8.60. The van der Waals surface area contributed by atoms with E-state index in [0.29, 0.717) is 49.4 Å². The number of carbonyl (C=O) groups is 1. The average Bonchev–Trinajstić information content (AvgIpc) is 2.88. The Morgan fingerprint density at radius 3 is 2.43 bits per heavy atom. The average molecular weight is 516 g/mol.